The van der Waals surface area contributed by atoms with Gasteiger partial charge in [0.25, 0.3) is 0 Å². The summed E-state index contributed by atoms with van der Waals surface area (Å²) < 4.78 is 5.45. The molecule has 0 amide bonds. The van der Waals surface area contributed by atoms with Crippen LogP contribution in [0.2, 0.25) is 5.02 Å². The summed E-state index contributed by atoms with van der Waals surface area (Å²) in [6, 6.07) is 8.63. The fraction of sp³-hybridized carbons (Fsp3) is 0.562. The molecule has 22 heavy (non-hydrogen) atoms. The highest BCUT2D eigenvalue weighted by Gasteiger charge is 2.25. The van der Waals surface area contributed by atoms with Gasteiger partial charge in [0, 0.05) is 24.2 Å². The quantitative estimate of drug-likeness (QED) is 0.641. The number of hydrogen-bond acceptors (Lipinski definition) is 3. The molecule has 2 fully saturated rings. The minimum absolute atomic E-state index is 0.136. The molecule has 0 radical (unpaired) electrons. The Balaban J connectivity index is 1.74. The van der Waals surface area contributed by atoms with Crippen molar-refractivity contribution < 1.29 is 4.74 Å². The van der Waals surface area contributed by atoms with Crippen LogP contribution in [-0.4, -0.2) is 49.7 Å². The van der Waals surface area contributed by atoms with Crippen LogP contribution in [0.25, 0.3) is 0 Å². The molecule has 1 aromatic rings. The van der Waals surface area contributed by atoms with Crippen molar-refractivity contribution in [2.75, 3.05) is 32.8 Å². The Morgan fingerprint density at radius 2 is 2.09 bits per heavy atom. The van der Waals surface area contributed by atoms with Crippen molar-refractivity contribution in [2.24, 2.45) is 10.7 Å². The fourth-order valence-corrected chi connectivity index (χ4v) is 2.97. The largest absolute Gasteiger partial charge is 0.379 e. The van der Waals surface area contributed by atoms with Gasteiger partial charge >= 0.3 is 0 Å². The van der Waals surface area contributed by atoms with Crippen molar-refractivity contribution in [3.05, 3.63) is 34.9 Å². The number of hydrogen-bond donors (Lipinski definition) is 2. The van der Waals surface area contributed by atoms with Crippen LogP contribution in [0, 0.1) is 0 Å². The summed E-state index contributed by atoms with van der Waals surface area (Å²) in [6.45, 7) is 3.89. The second-order valence-corrected chi connectivity index (χ2v) is 6.24. The van der Waals surface area contributed by atoms with Crippen molar-refractivity contribution in [3.63, 3.8) is 0 Å². The van der Waals surface area contributed by atoms with E-state index in [1.165, 1.54) is 12.8 Å². The maximum atomic E-state index is 6.39. The highest BCUT2D eigenvalue weighted by Crippen LogP contribution is 2.28. The van der Waals surface area contributed by atoms with Gasteiger partial charge in [-0.1, -0.05) is 29.8 Å². The second-order valence-electron chi connectivity index (χ2n) is 5.83. The number of halogens is 1. The standard InChI is InChI=1S/C16H23ClN4O/c17-14-4-2-1-3-13(14)15(21-7-9-22-10-8-21)11-19-16(18)20-12-5-6-12/h1-4,12,15H,5-11H2,(H3,18,19,20). The number of nitrogens with two attached hydrogens (primary N) is 1. The number of rotatable bonds is 5. The van der Waals surface area contributed by atoms with Crippen molar-refractivity contribution in [1.82, 2.24) is 10.2 Å². The van der Waals surface area contributed by atoms with Gasteiger partial charge in [-0.05, 0) is 24.5 Å². The summed E-state index contributed by atoms with van der Waals surface area (Å²) >= 11 is 6.39. The van der Waals surface area contributed by atoms with E-state index in [2.05, 4.69) is 21.3 Å². The molecular formula is C16H23ClN4O. The summed E-state index contributed by atoms with van der Waals surface area (Å²) in [7, 11) is 0. The van der Waals surface area contributed by atoms with E-state index >= 15 is 0 Å². The van der Waals surface area contributed by atoms with Gasteiger partial charge in [0.1, 0.15) is 0 Å². The highest BCUT2D eigenvalue weighted by atomic mass is 35.5. The topological polar surface area (TPSA) is 62.9 Å². The molecule has 1 unspecified atom stereocenters. The summed E-state index contributed by atoms with van der Waals surface area (Å²) in [5.41, 5.74) is 7.08. The predicted octanol–water partition coefficient (Wildman–Crippen LogP) is 1.78. The average molecular weight is 323 g/mol. The van der Waals surface area contributed by atoms with Crippen molar-refractivity contribution in [2.45, 2.75) is 24.9 Å². The van der Waals surface area contributed by atoms with E-state index in [0.29, 0.717) is 18.5 Å². The van der Waals surface area contributed by atoms with E-state index in [9.17, 15) is 0 Å². The zero-order chi connectivity index (χ0) is 15.4. The van der Waals surface area contributed by atoms with Crippen LogP contribution in [0.3, 0.4) is 0 Å². The smallest absolute Gasteiger partial charge is 0.188 e. The lowest BCUT2D eigenvalue weighted by Gasteiger charge is -2.34. The van der Waals surface area contributed by atoms with Gasteiger partial charge in [-0.15, -0.1) is 0 Å². The Kier molecular flexibility index (Phi) is 5.18. The molecule has 0 aromatic heterocycles. The molecular weight excluding hydrogens is 300 g/mol. The van der Waals surface area contributed by atoms with E-state index in [0.717, 1.165) is 36.9 Å². The molecule has 6 heteroatoms. The van der Waals surface area contributed by atoms with Crippen molar-refractivity contribution in [3.8, 4) is 0 Å². The molecule has 3 N–H and O–H groups in total. The molecule has 5 nitrogen and oxygen atoms in total. The first-order valence-corrected chi connectivity index (χ1v) is 8.24. The van der Waals surface area contributed by atoms with Crippen LogP contribution in [0.5, 0.6) is 0 Å². The minimum atomic E-state index is 0.136. The SMILES string of the molecule is NC(=NCC(c1ccccc1Cl)N1CCOCC1)NC1CC1. The lowest BCUT2D eigenvalue weighted by molar-refractivity contribution is 0.0180. The Morgan fingerprint density at radius 3 is 2.77 bits per heavy atom. The summed E-state index contributed by atoms with van der Waals surface area (Å²) in [5, 5.41) is 4.01. The summed E-state index contributed by atoms with van der Waals surface area (Å²) in [6.07, 6.45) is 2.38. The molecule has 3 rings (SSSR count). The van der Waals surface area contributed by atoms with E-state index < -0.39 is 0 Å². The normalized spacial score (nSPS) is 21.6. The monoisotopic (exact) mass is 322 g/mol. The Morgan fingerprint density at radius 1 is 1.36 bits per heavy atom. The van der Waals surface area contributed by atoms with Gasteiger partial charge in [-0.3, -0.25) is 9.89 Å². The minimum Gasteiger partial charge on any atom is -0.379 e. The van der Waals surface area contributed by atoms with Crippen LogP contribution in [0.1, 0.15) is 24.4 Å². The van der Waals surface area contributed by atoms with Crippen LogP contribution in [-0.2, 0) is 4.74 Å². The van der Waals surface area contributed by atoms with Gasteiger partial charge in [0.15, 0.2) is 5.96 Å². The number of morpholine rings is 1. The third-order valence-corrected chi connectivity index (χ3v) is 4.46. The van der Waals surface area contributed by atoms with E-state index in [-0.39, 0.29) is 6.04 Å². The molecule has 1 heterocycles. The highest BCUT2D eigenvalue weighted by molar-refractivity contribution is 6.31. The number of nitrogens with one attached hydrogen (secondary N) is 1. The van der Waals surface area contributed by atoms with E-state index in [4.69, 9.17) is 22.1 Å². The van der Waals surface area contributed by atoms with Crippen LogP contribution >= 0.6 is 11.6 Å². The molecule has 120 valence electrons. The first-order valence-electron chi connectivity index (χ1n) is 7.86. The number of benzene rings is 1. The van der Waals surface area contributed by atoms with Gasteiger partial charge in [0.05, 0.1) is 25.8 Å². The third kappa shape index (κ3) is 4.12. The van der Waals surface area contributed by atoms with Crippen LogP contribution in [0.15, 0.2) is 29.3 Å². The maximum absolute atomic E-state index is 6.39. The predicted molar refractivity (Wildman–Crippen MR) is 89.2 cm³/mol. The molecule has 1 aliphatic carbocycles. The maximum Gasteiger partial charge on any atom is 0.188 e. The van der Waals surface area contributed by atoms with Gasteiger partial charge in [-0.2, -0.15) is 0 Å². The Bertz CT molecular complexity index is 527. The molecule has 1 aromatic carbocycles. The van der Waals surface area contributed by atoms with E-state index in [1.807, 2.05) is 18.2 Å². The van der Waals surface area contributed by atoms with E-state index in [1.54, 1.807) is 0 Å². The van der Waals surface area contributed by atoms with Crippen molar-refractivity contribution >= 4 is 17.6 Å². The molecule has 2 aliphatic rings. The van der Waals surface area contributed by atoms with Crippen molar-refractivity contribution in [1.29, 1.82) is 0 Å². The number of aliphatic imine (C=N–C) groups is 1. The van der Waals surface area contributed by atoms with Crippen LogP contribution < -0.4 is 11.1 Å². The average Bonchev–Trinajstić information content (AvgIpc) is 3.34. The first-order chi connectivity index (χ1) is 10.7. The number of nitrogens with zero attached hydrogens (tertiary/aromatic N) is 2. The number of ether oxygens (including phenoxy) is 1. The molecule has 1 saturated heterocycles. The van der Waals surface area contributed by atoms with Gasteiger partial charge in [0.2, 0.25) is 0 Å². The fourth-order valence-electron chi connectivity index (χ4n) is 2.71. The zero-order valence-corrected chi connectivity index (χ0v) is 13.4. The Hall–Kier alpha value is -1.30. The molecule has 1 saturated carbocycles. The molecule has 1 atom stereocenters. The second kappa shape index (κ2) is 7.31. The lowest BCUT2D eigenvalue weighted by atomic mass is 10.0. The zero-order valence-electron chi connectivity index (χ0n) is 12.7. The third-order valence-electron chi connectivity index (χ3n) is 4.11. The lowest BCUT2D eigenvalue weighted by Crippen LogP contribution is -2.41. The van der Waals surface area contributed by atoms with Gasteiger partial charge in [-0.25, -0.2) is 0 Å². The first kappa shape index (κ1) is 15.6. The molecule has 0 spiro atoms. The van der Waals surface area contributed by atoms with Gasteiger partial charge < -0.3 is 15.8 Å². The Labute approximate surface area is 136 Å². The summed E-state index contributed by atoms with van der Waals surface area (Å²) in [5.74, 6) is 0.535. The molecule has 0 bridgehead atoms. The van der Waals surface area contributed by atoms with Crippen LogP contribution in [0.4, 0.5) is 0 Å². The molecule has 1 aliphatic heterocycles. The number of guanidine groups is 1. The summed E-state index contributed by atoms with van der Waals surface area (Å²) in [4.78, 5) is 6.91.